The summed E-state index contributed by atoms with van der Waals surface area (Å²) in [5, 5.41) is 4.68. The van der Waals surface area contributed by atoms with Crippen molar-refractivity contribution < 1.29 is 0 Å². The first kappa shape index (κ1) is 42.7. The SMILES string of the molecule is c1ccc(-c2ccc(-c3nc(-c4cccc(-n5c6ccccc6c6cc7c(cc65)C(c5ccccc5)(c5ccccc5)c5ccccc5-7)c4)nc(-n4c5ccccc5c5c(-c6ccccc6)cccc54)n3)cc2)cc1. The van der Waals surface area contributed by atoms with Crippen molar-refractivity contribution in [1.29, 1.82) is 0 Å². The van der Waals surface area contributed by atoms with Crippen LogP contribution in [0, 0.1) is 0 Å². The molecular weight excluding hydrogens is 911 g/mol. The lowest BCUT2D eigenvalue weighted by molar-refractivity contribution is 0.769. The first-order chi connectivity index (χ1) is 37.2. The van der Waals surface area contributed by atoms with Crippen LogP contribution in [0.3, 0.4) is 0 Å². The van der Waals surface area contributed by atoms with Crippen LogP contribution in [0.1, 0.15) is 22.3 Å². The lowest BCUT2D eigenvalue weighted by Crippen LogP contribution is -2.28. The van der Waals surface area contributed by atoms with Crippen LogP contribution in [0.5, 0.6) is 0 Å². The number of nitrogens with zero attached hydrogens (tertiary/aromatic N) is 5. The lowest BCUT2D eigenvalue weighted by atomic mass is 9.67. The number of rotatable bonds is 8. The molecule has 15 rings (SSSR count). The van der Waals surface area contributed by atoms with Crippen LogP contribution in [0.4, 0.5) is 0 Å². The van der Waals surface area contributed by atoms with Gasteiger partial charge in [-0.1, -0.05) is 231 Å². The molecule has 1 aliphatic rings. The summed E-state index contributed by atoms with van der Waals surface area (Å²) in [4.78, 5) is 16.2. The standard InChI is InChI=1S/C70H45N5/c1-5-21-46(22-6-1)47-39-41-49(42-40-47)67-71-68(73-69(72-67)75-63-37-18-15-33-57(63)66-54(34-20-38-64(66)75)48-23-7-2-8-24-48)50-25-19-30-53(43-50)74-62-36-17-14-32-56(62)59-44-58-55-31-13-16-35-60(55)70(61(58)45-65(59)74,51-26-9-3-10-27-51)52-28-11-4-12-29-52/h1-45H. The molecule has 3 heterocycles. The van der Waals surface area contributed by atoms with Crippen molar-refractivity contribution in [1.82, 2.24) is 24.1 Å². The van der Waals surface area contributed by atoms with E-state index in [4.69, 9.17) is 15.0 Å². The molecule has 5 nitrogen and oxygen atoms in total. The van der Waals surface area contributed by atoms with Crippen molar-refractivity contribution in [2.45, 2.75) is 5.41 Å². The predicted octanol–water partition coefficient (Wildman–Crippen LogP) is 17.1. The molecule has 0 saturated heterocycles. The minimum atomic E-state index is -0.544. The minimum Gasteiger partial charge on any atom is -0.309 e. The topological polar surface area (TPSA) is 48.5 Å². The quantitative estimate of drug-likeness (QED) is 0.152. The molecule has 0 unspecified atom stereocenters. The van der Waals surface area contributed by atoms with Crippen molar-refractivity contribution in [3.63, 3.8) is 0 Å². The maximum atomic E-state index is 5.47. The van der Waals surface area contributed by atoms with Crippen LogP contribution in [-0.2, 0) is 5.41 Å². The van der Waals surface area contributed by atoms with Gasteiger partial charge in [-0.15, -0.1) is 0 Å². The van der Waals surface area contributed by atoms with Crippen LogP contribution in [0.15, 0.2) is 273 Å². The van der Waals surface area contributed by atoms with Crippen LogP contribution >= 0.6 is 0 Å². The Morgan fingerprint density at radius 3 is 1.52 bits per heavy atom. The van der Waals surface area contributed by atoms with Crippen molar-refractivity contribution in [2.75, 3.05) is 0 Å². The van der Waals surface area contributed by atoms with Crippen molar-refractivity contribution in [3.05, 3.63) is 295 Å². The molecule has 0 fully saturated rings. The van der Waals surface area contributed by atoms with E-state index in [1.807, 2.05) is 6.07 Å². The highest BCUT2D eigenvalue weighted by atomic mass is 15.2. The molecule has 5 heteroatoms. The molecule has 75 heavy (non-hydrogen) atoms. The van der Waals surface area contributed by atoms with Crippen LogP contribution in [0.25, 0.3) is 111 Å². The molecule has 350 valence electrons. The fourth-order valence-corrected chi connectivity index (χ4v) is 12.2. The molecule has 11 aromatic carbocycles. The van der Waals surface area contributed by atoms with Gasteiger partial charge >= 0.3 is 0 Å². The Morgan fingerprint density at radius 1 is 0.280 bits per heavy atom. The lowest BCUT2D eigenvalue weighted by Gasteiger charge is -2.34. The highest BCUT2D eigenvalue weighted by Gasteiger charge is 2.46. The molecule has 0 atom stereocenters. The normalized spacial score (nSPS) is 12.6. The largest absolute Gasteiger partial charge is 0.309 e. The summed E-state index contributed by atoms with van der Waals surface area (Å²) in [5.41, 5.74) is 18.7. The predicted molar refractivity (Wildman–Crippen MR) is 308 cm³/mol. The van der Waals surface area contributed by atoms with Gasteiger partial charge in [0.05, 0.1) is 27.5 Å². The number of para-hydroxylation sites is 2. The van der Waals surface area contributed by atoms with E-state index in [0.717, 1.165) is 71.9 Å². The number of benzene rings is 11. The zero-order valence-corrected chi connectivity index (χ0v) is 40.7. The van der Waals surface area contributed by atoms with Crippen molar-refractivity contribution in [3.8, 4) is 67.8 Å². The third kappa shape index (κ3) is 6.61. The Morgan fingerprint density at radius 2 is 0.800 bits per heavy atom. The molecule has 0 N–H and O–H groups in total. The van der Waals surface area contributed by atoms with Gasteiger partial charge in [0.15, 0.2) is 11.6 Å². The van der Waals surface area contributed by atoms with Gasteiger partial charge in [0, 0.05) is 38.4 Å². The molecule has 0 spiro atoms. The first-order valence-electron chi connectivity index (χ1n) is 25.6. The summed E-state index contributed by atoms with van der Waals surface area (Å²) < 4.78 is 4.65. The van der Waals surface area contributed by atoms with Gasteiger partial charge in [-0.05, 0) is 98.1 Å². The van der Waals surface area contributed by atoms with E-state index in [9.17, 15) is 0 Å². The van der Waals surface area contributed by atoms with Crippen LogP contribution in [0.2, 0.25) is 0 Å². The van der Waals surface area contributed by atoms with Gasteiger partial charge in [-0.3, -0.25) is 4.57 Å². The van der Waals surface area contributed by atoms with Gasteiger partial charge in [0.1, 0.15) is 0 Å². The average Bonchev–Trinajstić information content (AvgIpc) is 4.18. The zero-order chi connectivity index (χ0) is 49.5. The summed E-state index contributed by atoms with van der Waals surface area (Å²) in [6, 6.07) is 98.3. The number of aromatic nitrogens is 5. The van der Waals surface area contributed by atoms with E-state index in [1.54, 1.807) is 0 Å². The Labute approximate surface area is 434 Å². The summed E-state index contributed by atoms with van der Waals surface area (Å²) in [5.74, 6) is 1.72. The maximum absolute atomic E-state index is 5.47. The zero-order valence-electron chi connectivity index (χ0n) is 40.7. The summed E-state index contributed by atoms with van der Waals surface area (Å²) in [6.07, 6.45) is 0. The number of hydrogen-bond donors (Lipinski definition) is 0. The molecule has 3 aromatic heterocycles. The van der Waals surface area contributed by atoms with Gasteiger partial charge in [0.25, 0.3) is 0 Å². The van der Waals surface area contributed by atoms with Crippen LogP contribution in [-0.4, -0.2) is 24.1 Å². The fraction of sp³-hybridized carbons (Fsp3) is 0.0143. The van der Waals surface area contributed by atoms with Gasteiger partial charge < -0.3 is 4.57 Å². The van der Waals surface area contributed by atoms with E-state index < -0.39 is 5.41 Å². The second-order valence-corrected chi connectivity index (χ2v) is 19.5. The summed E-state index contributed by atoms with van der Waals surface area (Å²) >= 11 is 0. The van der Waals surface area contributed by atoms with Crippen molar-refractivity contribution in [2.24, 2.45) is 0 Å². The Kier molecular flexibility index (Phi) is 9.72. The highest BCUT2D eigenvalue weighted by Crippen LogP contribution is 2.57. The van der Waals surface area contributed by atoms with E-state index >= 15 is 0 Å². The minimum absolute atomic E-state index is 0.544. The Balaban J connectivity index is 0.958. The monoisotopic (exact) mass is 955 g/mol. The van der Waals surface area contributed by atoms with E-state index in [-0.39, 0.29) is 0 Å². The molecule has 0 bridgehead atoms. The van der Waals surface area contributed by atoms with Crippen molar-refractivity contribution >= 4 is 43.6 Å². The molecule has 1 aliphatic carbocycles. The first-order valence-corrected chi connectivity index (χ1v) is 25.6. The fourth-order valence-electron chi connectivity index (χ4n) is 12.2. The third-order valence-corrected chi connectivity index (χ3v) is 15.5. The maximum Gasteiger partial charge on any atom is 0.238 e. The van der Waals surface area contributed by atoms with E-state index in [0.29, 0.717) is 17.6 Å². The van der Waals surface area contributed by atoms with Gasteiger partial charge in [-0.2, -0.15) is 9.97 Å². The summed E-state index contributed by atoms with van der Waals surface area (Å²) in [7, 11) is 0. The van der Waals surface area contributed by atoms with E-state index in [1.165, 1.54) is 44.2 Å². The molecule has 0 aliphatic heterocycles. The third-order valence-electron chi connectivity index (χ3n) is 15.5. The second-order valence-electron chi connectivity index (χ2n) is 19.5. The average molecular weight is 956 g/mol. The second kappa shape index (κ2) is 17.1. The Bertz CT molecular complexity index is 4460. The Hall–Kier alpha value is -9.97. The smallest absolute Gasteiger partial charge is 0.238 e. The van der Waals surface area contributed by atoms with Gasteiger partial charge in [0.2, 0.25) is 5.95 Å². The summed E-state index contributed by atoms with van der Waals surface area (Å²) in [6.45, 7) is 0. The van der Waals surface area contributed by atoms with E-state index in [2.05, 4.69) is 276 Å². The molecule has 14 aromatic rings. The van der Waals surface area contributed by atoms with Crippen LogP contribution < -0.4 is 0 Å². The number of fused-ring (bicyclic) bond motifs is 9. The molecular formula is C70H45N5. The number of hydrogen-bond acceptors (Lipinski definition) is 3. The molecule has 0 amide bonds. The molecule has 0 radical (unpaired) electrons. The highest BCUT2D eigenvalue weighted by molar-refractivity contribution is 6.16. The van der Waals surface area contributed by atoms with Gasteiger partial charge in [-0.25, -0.2) is 4.98 Å². The molecule has 0 saturated carbocycles.